The highest BCUT2D eigenvalue weighted by molar-refractivity contribution is 7.16. The van der Waals surface area contributed by atoms with E-state index in [4.69, 9.17) is 0 Å². The van der Waals surface area contributed by atoms with Gasteiger partial charge in [-0.25, -0.2) is 9.97 Å². The second-order valence-corrected chi connectivity index (χ2v) is 6.63. The van der Waals surface area contributed by atoms with Crippen molar-refractivity contribution in [3.63, 3.8) is 0 Å². The van der Waals surface area contributed by atoms with Crippen molar-refractivity contribution in [2.75, 3.05) is 31.1 Å². The lowest BCUT2D eigenvalue weighted by molar-refractivity contribution is -0.914. The molecule has 2 aromatic heterocycles. The molecule has 1 N–H and O–H groups in total. The van der Waals surface area contributed by atoms with E-state index in [0.717, 1.165) is 43.4 Å². The molecule has 0 spiro atoms. The van der Waals surface area contributed by atoms with E-state index >= 15 is 0 Å². The van der Waals surface area contributed by atoms with Gasteiger partial charge in [0.1, 0.15) is 23.5 Å². The maximum Gasteiger partial charge on any atom is 0.141 e. The summed E-state index contributed by atoms with van der Waals surface area (Å²) in [4.78, 5) is 14.0. The summed E-state index contributed by atoms with van der Waals surface area (Å²) in [5.74, 6) is 1.10. The highest BCUT2D eigenvalue weighted by atomic mass is 32.1. The Morgan fingerprint density at radius 2 is 1.86 bits per heavy atom. The van der Waals surface area contributed by atoms with Crippen LogP contribution in [0.15, 0.2) is 48.1 Å². The minimum atomic E-state index is 1.06. The predicted octanol–water partition coefficient (Wildman–Crippen LogP) is 1.60. The maximum atomic E-state index is 4.52. The van der Waals surface area contributed by atoms with Crippen LogP contribution in [-0.2, 0) is 6.54 Å². The minimum absolute atomic E-state index is 1.06. The molecule has 0 atom stereocenters. The molecule has 0 aliphatic carbocycles. The van der Waals surface area contributed by atoms with Crippen LogP contribution in [0, 0.1) is 0 Å². The Morgan fingerprint density at radius 3 is 2.68 bits per heavy atom. The Hall–Kier alpha value is -1.98. The molecule has 1 aromatic carbocycles. The molecule has 1 aliphatic rings. The zero-order chi connectivity index (χ0) is 14.8. The summed E-state index contributed by atoms with van der Waals surface area (Å²) in [6, 6.07) is 12.9. The van der Waals surface area contributed by atoms with Gasteiger partial charge in [-0.2, -0.15) is 0 Å². The molecule has 1 saturated heterocycles. The summed E-state index contributed by atoms with van der Waals surface area (Å²) in [6.07, 6.45) is 1.69. The Bertz CT molecular complexity index is 747. The topological polar surface area (TPSA) is 33.5 Å². The quantitative estimate of drug-likeness (QED) is 0.798. The van der Waals surface area contributed by atoms with Crippen molar-refractivity contribution in [1.82, 2.24) is 9.97 Å². The average molecular weight is 311 g/mol. The summed E-state index contributed by atoms with van der Waals surface area (Å²) in [5, 5.41) is 3.29. The number of hydrogen-bond acceptors (Lipinski definition) is 4. The van der Waals surface area contributed by atoms with Gasteiger partial charge in [0.2, 0.25) is 0 Å². The van der Waals surface area contributed by atoms with Crippen molar-refractivity contribution in [1.29, 1.82) is 0 Å². The van der Waals surface area contributed by atoms with Crippen LogP contribution < -0.4 is 9.80 Å². The lowest BCUT2D eigenvalue weighted by Gasteiger charge is -2.33. The molecule has 112 valence electrons. The molecule has 4 rings (SSSR count). The van der Waals surface area contributed by atoms with Gasteiger partial charge in [-0.3, -0.25) is 0 Å². The van der Waals surface area contributed by atoms with Gasteiger partial charge in [0.15, 0.2) is 0 Å². The largest absolute Gasteiger partial charge is 0.345 e. The Balaban J connectivity index is 1.45. The van der Waals surface area contributed by atoms with Gasteiger partial charge in [-0.05, 0) is 11.4 Å². The molecule has 3 heterocycles. The molecule has 22 heavy (non-hydrogen) atoms. The zero-order valence-corrected chi connectivity index (χ0v) is 13.2. The molecule has 0 amide bonds. The standard InChI is InChI=1S/C17H18N4S/c1-2-4-14(5-3-1)12-20-7-9-21(10-8-20)16-15-6-11-22-17(15)19-13-18-16/h1-6,11,13H,7-10,12H2/p+1. The van der Waals surface area contributed by atoms with Crippen molar-refractivity contribution < 1.29 is 4.90 Å². The second kappa shape index (κ2) is 6.02. The molecule has 0 saturated carbocycles. The number of piperazine rings is 1. The van der Waals surface area contributed by atoms with E-state index in [1.165, 1.54) is 10.9 Å². The van der Waals surface area contributed by atoms with Crippen LogP contribution in [0.25, 0.3) is 10.2 Å². The van der Waals surface area contributed by atoms with Crippen LogP contribution in [0.5, 0.6) is 0 Å². The smallest absolute Gasteiger partial charge is 0.141 e. The molecule has 0 bridgehead atoms. The van der Waals surface area contributed by atoms with Gasteiger partial charge in [-0.15, -0.1) is 11.3 Å². The summed E-state index contributed by atoms with van der Waals surface area (Å²) >= 11 is 1.68. The number of nitrogens with one attached hydrogen (secondary N) is 1. The van der Waals surface area contributed by atoms with E-state index < -0.39 is 0 Å². The van der Waals surface area contributed by atoms with Crippen molar-refractivity contribution >= 4 is 27.4 Å². The Labute approximate surface area is 134 Å². The lowest BCUT2D eigenvalue weighted by atomic mass is 10.2. The van der Waals surface area contributed by atoms with E-state index in [1.807, 2.05) is 0 Å². The summed E-state index contributed by atoms with van der Waals surface area (Å²) in [5.41, 5.74) is 1.42. The number of hydrogen-bond donors (Lipinski definition) is 1. The minimum Gasteiger partial charge on any atom is -0.345 e. The van der Waals surface area contributed by atoms with Crippen molar-refractivity contribution in [2.24, 2.45) is 0 Å². The van der Waals surface area contributed by atoms with E-state index in [1.54, 1.807) is 22.6 Å². The maximum absolute atomic E-state index is 4.52. The molecule has 1 fully saturated rings. The first-order chi connectivity index (χ1) is 10.9. The molecule has 0 unspecified atom stereocenters. The molecule has 0 radical (unpaired) electrons. The third-order valence-electron chi connectivity index (χ3n) is 4.31. The first-order valence-electron chi connectivity index (χ1n) is 7.71. The second-order valence-electron chi connectivity index (χ2n) is 5.74. The van der Waals surface area contributed by atoms with Gasteiger partial charge in [0, 0.05) is 5.56 Å². The first-order valence-corrected chi connectivity index (χ1v) is 8.59. The van der Waals surface area contributed by atoms with Gasteiger partial charge in [0.25, 0.3) is 0 Å². The van der Waals surface area contributed by atoms with E-state index in [2.05, 4.69) is 56.6 Å². The highest BCUT2D eigenvalue weighted by Gasteiger charge is 2.22. The number of thiophene rings is 1. The van der Waals surface area contributed by atoms with Crippen LogP contribution in [0.3, 0.4) is 0 Å². The lowest BCUT2D eigenvalue weighted by Crippen LogP contribution is -3.13. The number of quaternary nitrogens is 1. The third kappa shape index (κ3) is 2.69. The Morgan fingerprint density at radius 1 is 1.05 bits per heavy atom. The number of benzene rings is 1. The van der Waals surface area contributed by atoms with Crippen molar-refractivity contribution in [2.45, 2.75) is 6.54 Å². The van der Waals surface area contributed by atoms with Crippen LogP contribution in [-0.4, -0.2) is 36.1 Å². The van der Waals surface area contributed by atoms with E-state index in [9.17, 15) is 0 Å². The fourth-order valence-corrected chi connectivity index (χ4v) is 3.85. The van der Waals surface area contributed by atoms with Crippen molar-refractivity contribution in [3.8, 4) is 0 Å². The van der Waals surface area contributed by atoms with Crippen molar-refractivity contribution in [3.05, 3.63) is 53.7 Å². The summed E-state index contributed by atoms with van der Waals surface area (Å²) < 4.78 is 0. The molecule has 1 aliphatic heterocycles. The molecule has 4 nitrogen and oxygen atoms in total. The normalized spacial score (nSPS) is 16.3. The van der Waals surface area contributed by atoms with Crippen LogP contribution in [0.1, 0.15) is 5.56 Å². The van der Waals surface area contributed by atoms with E-state index in [-0.39, 0.29) is 0 Å². The summed E-state index contributed by atoms with van der Waals surface area (Å²) in [6.45, 7) is 5.55. The monoisotopic (exact) mass is 311 g/mol. The van der Waals surface area contributed by atoms with E-state index in [0.29, 0.717) is 0 Å². The molecule has 3 aromatic rings. The zero-order valence-electron chi connectivity index (χ0n) is 12.4. The van der Waals surface area contributed by atoms with Gasteiger partial charge < -0.3 is 9.80 Å². The fourth-order valence-electron chi connectivity index (χ4n) is 3.13. The van der Waals surface area contributed by atoms with Gasteiger partial charge in [-0.1, -0.05) is 30.3 Å². The van der Waals surface area contributed by atoms with Crippen LogP contribution in [0.2, 0.25) is 0 Å². The first kappa shape index (κ1) is 13.7. The highest BCUT2D eigenvalue weighted by Crippen LogP contribution is 2.26. The number of anilines is 1. The number of fused-ring (bicyclic) bond motifs is 1. The third-order valence-corrected chi connectivity index (χ3v) is 5.13. The van der Waals surface area contributed by atoms with Gasteiger partial charge >= 0.3 is 0 Å². The number of nitrogens with zero attached hydrogens (tertiary/aromatic N) is 3. The Kier molecular flexibility index (Phi) is 3.74. The molecule has 5 heteroatoms. The molecular weight excluding hydrogens is 292 g/mol. The average Bonchev–Trinajstić information content (AvgIpc) is 3.05. The molecular formula is C17H19N4S+. The fraction of sp³-hybridized carbons (Fsp3) is 0.294. The SMILES string of the molecule is c1ccc(C[NH+]2CCN(c3ncnc4sccc34)CC2)cc1. The van der Waals surface area contributed by atoms with Gasteiger partial charge in [0.05, 0.1) is 31.6 Å². The van der Waals surface area contributed by atoms with Crippen LogP contribution >= 0.6 is 11.3 Å². The number of rotatable bonds is 3. The summed E-state index contributed by atoms with van der Waals surface area (Å²) in [7, 11) is 0. The predicted molar refractivity (Wildman–Crippen MR) is 90.5 cm³/mol. The number of aromatic nitrogens is 2. The van der Waals surface area contributed by atoms with Crippen LogP contribution in [0.4, 0.5) is 5.82 Å².